The lowest BCUT2D eigenvalue weighted by Crippen LogP contribution is -2.46. The third-order valence-corrected chi connectivity index (χ3v) is 5.53. The molecular weight excluding hydrogens is 290 g/mol. The normalized spacial score (nSPS) is 28.2. The molecule has 114 valence electrons. The van der Waals surface area contributed by atoms with Crippen molar-refractivity contribution in [3.05, 3.63) is 16.3 Å². The first kappa shape index (κ1) is 14.4. The van der Waals surface area contributed by atoms with Crippen LogP contribution in [0.2, 0.25) is 0 Å². The van der Waals surface area contributed by atoms with Crippen LogP contribution in [-0.2, 0) is 4.79 Å². The van der Waals surface area contributed by atoms with Crippen molar-refractivity contribution in [3.63, 3.8) is 0 Å². The predicted octanol–water partition coefficient (Wildman–Crippen LogP) is 2.61. The molecule has 2 fully saturated rings. The lowest BCUT2D eigenvalue weighted by atomic mass is 9.85. The van der Waals surface area contributed by atoms with Gasteiger partial charge in [-0.2, -0.15) is 0 Å². The number of carboxylic acid groups (broad SMARTS) is 1. The maximum atomic E-state index is 12.9. The Morgan fingerprint density at radius 1 is 1.38 bits per heavy atom. The monoisotopic (exact) mass is 309 g/mol. The first-order valence-electron chi connectivity index (χ1n) is 7.30. The minimum atomic E-state index is -0.895. The molecule has 1 aliphatic carbocycles. The predicted molar refractivity (Wildman–Crippen MR) is 78.8 cm³/mol. The molecule has 0 spiro atoms. The van der Waals surface area contributed by atoms with Crippen LogP contribution in [0, 0.1) is 5.92 Å². The molecule has 6 heteroatoms. The number of likely N-dealkylation sites (tertiary alicyclic amines) is 1. The van der Waals surface area contributed by atoms with Crippen LogP contribution in [-0.4, -0.2) is 41.1 Å². The Kier molecular flexibility index (Phi) is 3.89. The minimum absolute atomic E-state index is 0.0687. The third kappa shape index (κ3) is 2.41. The summed E-state index contributed by atoms with van der Waals surface area (Å²) in [6.45, 7) is 0. The maximum absolute atomic E-state index is 12.9. The fourth-order valence-corrected chi connectivity index (χ4v) is 4.51. The number of carbonyl (C=O) groups excluding carboxylic acids is 1. The van der Waals surface area contributed by atoms with Gasteiger partial charge >= 0.3 is 5.97 Å². The van der Waals surface area contributed by atoms with Gasteiger partial charge < -0.3 is 14.7 Å². The van der Waals surface area contributed by atoms with E-state index in [4.69, 9.17) is 4.74 Å². The van der Waals surface area contributed by atoms with Crippen LogP contribution in [0.4, 0.5) is 0 Å². The lowest BCUT2D eigenvalue weighted by molar-refractivity contribution is -0.141. The first-order chi connectivity index (χ1) is 10.1. The molecule has 1 saturated carbocycles. The van der Waals surface area contributed by atoms with Gasteiger partial charge in [-0.25, -0.2) is 4.79 Å². The van der Waals surface area contributed by atoms with Crippen LogP contribution < -0.4 is 4.74 Å². The molecule has 1 aliphatic heterocycles. The lowest BCUT2D eigenvalue weighted by Gasteiger charge is -2.32. The van der Waals surface area contributed by atoms with Crippen molar-refractivity contribution < 1.29 is 19.4 Å². The summed E-state index contributed by atoms with van der Waals surface area (Å²) in [5, 5.41) is 11.3. The molecule has 1 aromatic heterocycles. The number of fused-ring (bicyclic) bond motifs is 1. The molecule has 3 rings (SSSR count). The van der Waals surface area contributed by atoms with Crippen molar-refractivity contribution in [2.24, 2.45) is 5.92 Å². The molecule has 2 heterocycles. The van der Waals surface area contributed by atoms with Crippen molar-refractivity contribution in [1.82, 2.24) is 4.90 Å². The second-order valence-electron chi connectivity index (χ2n) is 5.73. The van der Waals surface area contributed by atoms with E-state index in [2.05, 4.69) is 0 Å². The van der Waals surface area contributed by atoms with Crippen molar-refractivity contribution in [1.29, 1.82) is 0 Å². The fourth-order valence-electron chi connectivity index (χ4n) is 3.70. The highest BCUT2D eigenvalue weighted by molar-refractivity contribution is 7.12. The van der Waals surface area contributed by atoms with Crippen LogP contribution in [0.25, 0.3) is 0 Å². The van der Waals surface area contributed by atoms with E-state index in [0.717, 1.165) is 25.7 Å². The number of rotatable bonds is 3. The average molecular weight is 309 g/mol. The van der Waals surface area contributed by atoms with Crippen LogP contribution in [0.3, 0.4) is 0 Å². The zero-order valence-electron chi connectivity index (χ0n) is 11.9. The molecule has 1 saturated heterocycles. The van der Waals surface area contributed by atoms with Crippen LogP contribution >= 0.6 is 11.3 Å². The van der Waals surface area contributed by atoms with Crippen molar-refractivity contribution in [2.75, 3.05) is 7.11 Å². The smallest absolute Gasteiger partial charge is 0.326 e. The zero-order valence-corrected chi connectivity index (χ0v) is 12.8. The Hall–Kier alpha value is -1.56. The number of thiophene rings is 1. The van der Waals surface area contributed by atoms with Crippen LogP contribution in [0.1, 0.15) is 41.8 Å². The molecular formula is C15H19NO4S. The van der Waals surface area contributed by atoms with Gasteiger partial charge in [0.05, 0.1) is 7.11 Å². The Balaban J connectivity index is 1.93. The van der Waals surface area contributed by atoms with E-state index in [1.54, 1.807) is 16.3 Å². The van der Waals surface area contributed by atoms with Gasteiger partial charge in [0.15, 0.2) is 0 Å². The Morgan fingerprint density at radius 2 is 2.14 bits per heavy atom. The summed E-state index contributed by atoms with van der Waals surface area (Å²) in [5.74, 6) is -0.222. The van der Waals surface area contributed by atoms with Crippen LogP contribution in [0.15, 0.2) is 11.4 Å². The van der Waals surface area contributed by atoms with E-state index in [1.807, 2.05) is 0 Å². The standard InChI is InChI=1S/C15H19NO4S/c1-20-12-6-7-21-13(12)14(17)16-10-5-3-2-4-9(10)8-11(16)15(18)19/h6-7,9-11H,2-5,8H2,1H3,(H,18,19)/t9-,10+,11-/m0/s1. The third-order valence-electron chi connectivity index (χ3n) is 4.65. The highest BCUT2D eigenvalue weighted by Gasteiger charge is 2.48. The summed E-state index contributed by atoms with van der Waals surface area (Å²) in [6, 6.07) is 1.12. The number of carbonyl (C=O) groups is 2. The van der Waals surface area contributed by atoms with Gasteiger partial charge in [-0.15, -0.1) is 11.3 Å². The molecule has 21 heavy (non-hydrogen) atoms. The number of amides is 1. The summed E-state index contributed by atoms with van der Waals surface area (Å²) in [4.78, 5) is 26.5. The average Bonchev–Trinajstić information content (AvgIpc) is 3.10. The summed E-state index contributed by atoms with van der Waals surface area (Å²) in [5.41, 5.74) is 0. The van der Waals surface area contributed by atoms with E-state index < -0.39 is 12.0 Å². The van der Waals surface area contributed by atoms with E-state index >= 15 is 0 Å². The SMILES string of the molecule is COc1ccsc1C(=O)N1[C@@H]2CCCC[C@H]2C[C@H]1C(=O)O. The van der Waals surface area contributed by atoms with Crippen LogP contribution in [0.5, 0.6) is 5.75 Å². The van der Waals surface area contributed by atoms with Gasteiger partial charge in [-0.1, -0.05) is 12.8 Å². The Morgan fingerprint density at radius 3 is 2.86 bits per heavy atom. The molecule has 3 atom stereocenters. The number of methoxy groups -OCH3 is 1. The van der Waals surface area contributed by atoms with Gasteiger partial charge in [0, 0.05) is 6.04 Å². The molecule has 0 aromatic carbocycles. The molecule has 1 amide bonds. The van der Waals surface area contributed by atoms with Gasteiger partial charge in [0.2, 0.25) is 0 Å². The topological polar surface area (TPSA) is 66.8 Å². The van der Waals surface area contributed by atoms with E-state index in [0.29, 0.717) is 23.0 Å². The summed E-state index contributed by atoms with van der Waals surface area (Å²) >= 11 is 1.31. The molecule has 5 nitrogen and oxygen atoms in total. The first-order valence-corrected chi connectivity index (χ1v) is 8.18. The van der Waals surface area contributed by atoms with Crippen molar-refractivity contribution in [3.8, 4) is 5.75 Å². The quantitative estimate of drug-likeness (QED) is 0.932. The van der Waals surface area contributed by atoms with Gasteiger partial charge in [-0.3, -0.25) is 4.79 Å². The highest BCUT2D eigenvalue weighted by Crippen LogP contribution is 2.41. The van der Waals surface area contributed by atoms with Gasteiger partial charge in [0.1, 0.15) is 16.7 Å². The number of hydrogen-bond donors (Lipinski definition) is 1. The van der Waals surface area contributed by atoms with Crippen molar-refractivity contribution in [2.45, 2.75) is 44.2 Å². The highest BCUT2D eigenvalue weighted by atomic mass is 32.1. The molecule has 0 unspecified atom stereocenters. The van der Waals surface area contributed by atoms with E-state index in [9.17, 15) is 14.7 Å². The van der Waals surface area contributed by atoms with Gasteiger partial charge in [-0.05, 0) is 36.6 Å². The Labute approximate surface area is 127 Å². The second kappa shape index (κ2) is 5.67. The molecule has 1 N–H and O–H groups in total. The number of carboxylic acids is 1. The maximum Gasteiger partial charge on any atom is 0.326 e. The number of nitrogens with zero attached hydrogens (tertiary/aromatic N) is 1. The largest absolute Gasteiger partial charge is 0.495 e. The molecule has 0 bridgehead atoms. The van der Waals surface area contributed by atoms with E-state index in [-0.39, 0.29) is 11.9 Å². The number of aliphatic carboxylic acids is 1. The Bertz CT molecular complexity index is 556. The number of hydrogen-bond acceptors (Lipinski definition) is 4. The number of ether oxygens (including phenoxy) is 1. The molecule has 1 aromatic rings. The molecule has 0 radical (unpaired) electrons. The zero-order chi connectivity index (χ0) is 15.0. The van der Waals surface area contributed by atoms with Gasteiger partial charge in [0.25, 0.3) is 5.91 Å². The summed E-state index contributed by atoms with van der Waals surface area (Å²) in [6.07, 6.45) is 4.73. The molecule has 2 aliphatic rings. The summed E-state index contributed by atoms with van der Waals surface area (Å²) < 4.78 is 5.21. The fraction of sp³-hybridized carbons (Fsp3) is 0.600. The van der Waals surface area contributed by atoms with E-state index in [1.165, 1.54) is 18.4 Å². The summed E-state index contributed by atoms with van der Waals surface area (Å²) in [7, 11) is 1.53. The van der Waals surface area contributed by atoms with Crippen molar-refractivity contribution >= 4 is 23.2 Å². The second-order valence-corrected chi connectivity index (χ2v) is 6.65. The minimum Gasteiger partial charge on any atom is -0.495 e.